The molecule has 0 bridgehead atoms. The van der Waals surface area contributed by atoms with Gasteiger partial charge in [-0.05, 0) is 49.6 Å². The van der Waals surface area contributed by atoms with E-state index in [0.717, 1.165) is 22.9 Å². The highest BCUT2D eigenvalue weighted by molar-refractivity contribution is 7.86. The van der Waals surface area contributed by atoms with E-state index in [1.807, 2.05) is 24.3 Å². The average molecular weight is 562 g/mol. The van der Waals surface area contributed by atoms with Crippen molar-refractivity contribution < 1.29 is 36.5 Å². The molecule has 1 atom stereocenters. The Hall–Kier alpha value is -3.64. The van der Waals surface area contributed by atoms with Crippen LogP contribution in [-0.4, -0.2) is 63.0 Å². The van der Waals surface area contributed by atoms with Gasteiger partial charge in [0.1, 0.15) is 22.9 Å². The lowest BCUT2D eigenvalue weighted by Gasteiger charge is -2.37. The molecule has 0 aromatic heterocycles. The second-order valence-corrected chi connectivity index (χ2v) is 12.0. The molecule has 39 heavy (non-hydrogen) atoms. The van der Waals surface area contributed by atoms with Gasteiger partial charge in [0.05, 0.1) is 6.26 Å². The lowest BCUT2D eigenvalue weighted by Crippen LogP contribution is -2.64. The van der Waals surface area contributed by atoms with Crippen LogP contribution in [0.4, 0.5) is 4.79 Å². The molecule has 1 heterocycles. The van der Waals surface area contributed by atoms with Crippen LogP contribution in [0.5, 0.6) is 5.75 Å². The maximum Gasteiger partial charge on any atom is 0.408 e. The summed E-state index contributed by atoms with van der Waals surface area (Å²) in [4.78, 5) is 38.2. The summed E-state index contributed by atoms with van der Waals surface area (Å²) in [5.74, 6) is -1.04. The van der Waals surface area contributed by atoms with Gasteiger partial charge in [-0.1, -0.05) is 36.4 Å². The summed E-state index contributed by atoms with van der Waals surface area (Å²) in [6.45, 7) is 5.68. The van der Waals surface area contributed by atoms with E-state index in [-0.39, 0.29) is 38.2 Å². The minimum absolute atomic E-state index is 0.140. The Bertz CT molecular complexity index is 1280. The van der Waals surface area contributed by atoms with Crippen LogP contribution in [-0.2, 0) is 35.6 Å². The van der Waals surface area contributed by atoms with Crippen molar-refractivity contribution in [2.24, 2.45) is 5.73 Å². The van der Waals surface area contributed by atoms with Crippen molar-refractivity contribution >= 4 is 28.0 Å². The Morgan fingerprint density at radius 1 is 1.00 bits per heavy atom. The van der Waals surface area contributed by atoms with Crippen molar-refractivity contribution in [2.75, 3.05) is 19.5 Å². The summed E-state index contributed by atoms with van der Waals surface area (Å²) in [5.41, 5.74) is 6.01. The average Bonchev–Trinajstić information content (AvgIpc) is 2.83. The van der Waals surface area contributed by atoms with Gasteiger partial charge in [-0.15, -0.1) is 0 Å². The van der Waals surface area contributed by atoms with Crippen LogP contribution in [0.2, 0.25) is 0 Å². The van der Waals surface area contributed by atoms with Gasteiger partial charge in [-0.2, -0.15) is 8.42 Å². The van der Waals surface area contributed by atoms with Crippen molar-refractivity contribution in [2.45, 2.75) is 57.2 Å². The molecule has 0 saturated carbocycles. The number of primary amides is 1. The molecule has 2 aromatic carbocycles. The molecular weight excluding hydrogens is 526 g/mol. The largest absolute Gasteiger partial charge is 0.444 e. The SMILES string of the molecule is CC(C)(C)OC(=O)NC1(C(=O)NC(Cc2ccc(-c3ccc(OS(C)(=O)=O)cc3)cc2)C(N)=O)CCOCC1. The number of ether oxygens (including phenoxy) is 2. The van der Waals surface area contributed by atoms with Gasteiger partial charge in [-0.25, -0.2) is 4.79 Å². The lowest BCUT2D eigenvalue weighted by atomic mass is 9.88. The number of hydrogen-bond acceptors (Lipinski definition) is 8. The monoisotopic (exact) mass is 561 g/mol. The molecule has 1 unspecified atom stereocenters. The van der Waals surface area contributed by atoms with Crippen LogP contribution in [0.3, 0.4) is 0 Å². The fourth-order valence-electron chi connectivity index (χ4n) is 4.09. The van der Waals surface area contributed by atoms with Crippen molar-refractivity contribution in [1.29, 1.82) is 0 Å². The highest BCUT2D eigenvalue weighted by Gasteiger charge is 2.43. The fraction of sp³-hybridized carbons (Fsp3) is 0.444. The molecule has 12 heteroatoms. The van der Waals surface area contributed by atoms with Crippen LogP contribution >= 0.6 is 0 Å². The predicted octanol–water partition coefficient (Wildman–Crippen LogP) is 2.28. The van der Waals surface area contributed by atoms with Gasteiger partial charge in [-0.3, -0.25) is 9.59 Å². The third-order valence-corrected chi connectivity index (χ3v) is 6.49. The molecule has 4 N–H and O–H groups in total. The van der Waals surface area contributed by atoms with Crippen molar-refractivity contribution in [1.82, 2.24) is 10.6 Å². The van der Waals surface area contributed by atoms with E-state index < -0.39 is 45.2 Å². The standard InChI is InChI=1S/C27H35N3O8S/c1-26(2,3)37-25(33)30-27(13-15-36-16-14-27)24(32)29-22(23(28)31)17-18-5-7-19(8-6-18)20-9-11-21(12-10-20)38-39(4,34)35/h5-12,22H,13-17H2,1-4H3,(H2,28,31)(H,29,32)(H,30,33). The summed E-state index contributed by atoms with van der Waals surface area (Å²) in [6, 6.07) is 12.8. The smallest absolute Gasteiger partial charge is 0.408 e. The second kappa shape index (κ2) is 12.0. The highest BCUT2D eigenvalue weighted by Crippen LogP contribution is 2.25. The van der Waals surface area contributed by atoms with Gasteiger partial charge in [0.15, 0.2) is 0 Å². The fourth-order valence-corrected chi connectivity index (χ4v) is 4.55. The maximum atomic E-state index is 13.4. The van der Waals surface area contributed by atoms with Crippen molar-refractivity contribution in [3.05, 3.63) is 54.1 Å². The summed E-state index contributed by atoms with van der Waals surface area (Å²) in [6.07, 6.45) is 0.809. The zero-order valence-corrected chi connectivity index (χ0v) is 23.3. The molecule has 11 nitrogen and oxygen atoms in total. The number of carbonyl (C=O) groups excluding carboxylic acids is 3. The molecular formula is C27H35N3O8S. The van der Waals surface area contributed by atoms with Gasteiger partial charge in [0.25, 0.3) is 0 Å². The van der Waals surface area contributed by atoms with E-state index in [1.54, 1.807) is 45.0 Å². The van der Waals surface area contributed by atoms with Gasteiger partial charge in [0.2, 0.25) is 11.8 Å². The van der Waals surface area contributed by atoms with Crippen molar-refractivity contribution in [3.8, 4) is 16.9 Å². The number of rotatable bonds is 9. The maximum absolute atomic E-state index is 13.4. The number of amides is 3. The van der Waals surface area contributed by atoms with Crippen LogP contribution in [0.15, 0.2) is 48.5 Å². The molecule has 0 aliphatic carbocycles. The molecule has 1 saturated heterocycles. The predicted molar refractivity (Wildman–Crippen MR) is 144 cm³/mol. The first-order valence-corrected chi connectivity index (χ1v) is 14.3. The molecule has 3 rings (SSSR count). The zero-order valence-electron chi connectivity index (χ0n) is 22.5. The van der Waals surface area contributed by atoms with Crippen LogP contribution in [0, 0.1) is 0 Å². The third kappa shape index (κ3) is 8.96. The lowest BCUT2D eigenvalue weighted by molar-refractivity contribution is -0.135. The first-order valence-electron chi connectivity index (χ1n) is 12.4. The number of benzene rings is 2. The molecule has 1 aliphatic rings. The van der Waals surface area contributed by atoms with Gasteiger partial charge < -0.3 is 30.0 Å². The number of nitrogens with one attached hydrogen (secondary N) is 2. The summed E-state index contributed by atoms with van der Waals surface area (Å²) in [5, 5.41) is 5.40. The molecule has 1 fully saturated rings. The number of nitrogens with two attached hydrogens (primary N) is 1. The number of hydrogen-bond donors (Lipinski definition) is 3. The first kappa shape index (κ1) is 29.9. The van der Waals surface area contributed by atoms with Crippen molar-refractivity contribution in [3.63, 3.8) is 0 Å². The van der Waals surface area contributed by atoms with Crippen LogP contribution in [0.25, 0.3) is 11.1 Å². The molecule has 2 aromatic rings. The molecule has 3 amide bonds. The normalized spacial score (nSPS) is 16.0. The molecule has 0 spiro atoms. The summed E-state index contributed by atoms with van der Waals surface area (Å²) < 4.78 is 38.2. The molecule has 0 radical (unpaired) electrons. The Balaban J connectivity index is 1.70. The summed E-state index contributed by atoms with van der Waals surface area (Å²) >= 11 is 0. The van der Waals surface area contributed by atoms with E-state index in [0.29, 0.717) is 0 Å². The van der Waals surface area contributed by atoms with E-state index in [1.165, 1.54) is 0 Å². The molecule has 212 valence electrons. The third-order valence-electron chi connectivity index (χ3n) is 6.00. The van der Waals surface area contributed by atoms with E-state index >= 15 is 0 Å². The highest BCUT2D eigenvalue weighted by atomic mass is 32.2. The van der Waals surface area contributed by atoms with Gasteiger partial charge in [0, 0.05) is 32.5 Å². The van der Waals surface area contributed by atoms with E-state index in [4.69, 9.17) is 19.4 Å². The van der Waals surface area contributed by atoms with Crippen LogP contribution < -0.4 is 20.6 Å². The van der Waals surface area contributed by atoms with E-state index in [9.17, 15) is 22.8 Å². The number of alkyl carbamates (subject to hydrolysis) is 1. The quantitative estimate of drug-likeness (QED) is 0.393. The number of carbonyl (C=O) groups is 3. The minimum atomic E-state index is -3.61. The minimum Gasteiger partial charge on any atom is -0.444 e. The Labute approximate surface area is 228 Å². The van der Waals surface area contributed by atoms with E-state index in [2.05, 4.69) is 10.6 Å². The summed E-state index contributed by atoms with van der Waals surface area (Å²) in [7, 11) is -3.61. The van der Waals surface area contributed by atoms with Crippen LogP contribution in [0.1, 0.15) is 39.2 Å². The molecule has 1 aliphatic heterocycles. The Morgan fingerprint density at radius 2 is 1.54 bits per heavy atom. The zero-order chi connectivity index (χ0) is 28.8. The second-order valence-electron chi connectivity index (χ2n) is 10.5. The van der Waals surface area contributed by atoms with Gasteiger partial charge >= 0.3 is 16.2 Å². The Kier molecular flexibility index (Phi) is 9.23. The Morgan fingerprint density at radius 3 is 2.03 bits per heavy atom. The topological polar surface area (TPSA) is 163 Å². The first-order chi connectivity index (χ1) is 18.2.